The number of hydrogen-bond donors (Lipinski definition) is 3. The quantitative estimate of drug-likeness (QED) is 0.241. The van der Waals surface area contributed by atoms with Gasteiger partial charge in [0.15, 0.2) is 0 Å². The van der Waals surface area contributed by atoms with Crippen LogP contribution in [0, 0.1) is 5.41 Å². The molecule has 1 saturated heterocycles. The van der Waals surface area contributed by atoms with Gasteiger partial charge in [0.25, 0.3) is 11.8 Å². The Bertz CT molecular complexity index is 1110. The first-order valence-corrected chi connectivity index (χ1v) is 11.0. The lowest BCUT2D eigenvalue weighted by atomic mass is 10.2. The second kappa shape index (κ2) is 12.5. The van der Waals surface area contributed by atoms with Crippen LogP contribution in [-0.4, -0.2) is 72.0 Å². The Hall–Kier alpha value is -4.13. The monoisotopic (exact) mass is 504 g/mol. The summed E-state index contributed by atoms with van der Waals surface area (Å²) in [7, 11) is 1.52. The third-order valence-corrected chi connectivity index (χ3v) is 4.81. The molecule has 2 aromatic rings. The Morgan fingerprint density at radius 1 is 1.19 bits per heavy atom. The number of aromatic nitrogens is 2. The number of amidine groups is 1. The Morgan fingerprint density at radius 2 is 1.94 bits per heavy atom. The second-order valence-electron chi connectivity index (χ2n) is 7.73. The van der Waals surface area contributed by atoms with Gasteiger partial charge in [0.2, 0.25) is 5.88 Å². The first kappa shape index (κ1) is 26.5. The van der Waals surface area contributed by atoms with Crippen molar-refractivity contribution in [2.75, 3.05) is 26.8 Å². The molecule has 0 radical (unpaired) electrons. The van der Waals surface area contributed by atoms with Crippen LogP contribution in [0.1, 0.15) is 34.2 Å². The second-order valence-corrected chi connectivity index (χ2v) is 7.73. The van der Waals surface area contributed by atoms with Crippen molar-refractivity contribution in [3.63, 3.8) is 0 Å². The van der Waals surface area contributed by atoms with Crippen LogP contribution in [0.15, 0.2) is 42.9 Å². The van der Waals surface area contributed by atoms with Gasteiger partial charge in [-0.3, -0.25) is 15.0 Å². The number of alkyl halides is 2. The van der Waals surface area contributed by atoms with E-state index < -0.39 is 18.3 Å². The first-order valence-electron chi connectivity index (χ1n) is 11.0. The molecule has 0 aliphatic carbocycles. The van der Waals surface area contributed by atoms with Crippen LogP contribution < -0.4 is 20.1 Å². The third kappa shape index (κ3) is 7.70. The molecule has 1 aliphatic rings. The molecule has 0 bridgehead atoms. The van der Waals surface area contributed by atoms with Crippen LogP contribution in [0.25, 0.3) is 0 Å². The molecule has 11 nitrogen and oxygen atoms in total. The highest BCUT2D eigenvalue weighted by Crippen LogP contribution is 2.27. The molecule has 13 heteroatoms. The van der Waals surface area contributed by atoms with Crippen molar-refractivity contribution in [3.05, 3.63) is 54.1 Å². The van der Waals surface area contributed by atoms with E-state index in [1.165, 1.54) is 37.7 Å². The summed E-state index contributed by atoms with van der Waals surface area (Å²) in [6, 6.07) is 4.35. The van der Waals surface area contributed by atoms with Crippen molar-refractivity contribution in [2.24, 2.45) is 0 Å². The van der Waals surface area contributed by atoms with Gasteiger partial charge in [-0.25, -0.2) is 9.97 Å². The smallest absolute Gasteiger partial charge is 0.312 e. The lowest BCUT2D eigenvalue weighted by Gasteiger charge is -2.30. The Morgan fingerprint density at radius 3 is 2.56 bits per heavy atom. The number of benzene rings is 1. The van der Waals surface area contributed by atoms with Crippen molar-refractivity contribution >= 4 is 17.6 Å². The summed E-state index contributed by atoms with van der Waals surface area (Å²) in [5, 5.41) is 11.7. The molecule has 0 saturated carbocycles. The van der Waals surface area contributed by atoms with Crippen LogP contribution in [0.4, 0.5) is 8.78 Å². The molecule has 3 rings (SSSR count). The highest BCUT2D eigenvalue weighted by Gasteiger charge is 2.23. The zero-order valence-electron chi connectivity index (χ0n) is 19.7. The average molecular weight is 504 g/mol. The maximum atomic E-state index is 12.7. The number of hydrogen-bond acceptors (Lipinski definition) is 9. The van der Waals surface area contributed by atoms with Gasteiger partial charge in [-0.05, 0) is 31.6 Å². The summed E-state index contributed by atoms with van der Waals surface area (Å²) in [4.78, 5) is 34.8. The van der Waals surface area contributed by atoms with Gasteiger partial charge < -0.3 is 29.7 Å². The minimum absolute atomic E-state index is 0.0737. The van der Waals surface area contributed by atoms with Gasteiger partial charge in [-0.15, -0.1) is 0 Å². The highest BCUT2D eigenvalue weighted by molar-refractivity contribution is 6.09. The summed E-state index contributed by atoms with van der Waals surface area (Å²) in [5.41, 5.74) is 0.269. The summed E-state index contributed by atoms with van der Waals surface area (Å²) < 4.78 is 40.9. The van der Waals surface area contributed by atoms with Crippen LogP contribution in [0.2, 0.25) is 0 Å². The normalized spacial score (nSPS) is 13.8. The lowest BCUT2D eigenvalue weighted by molar-refractivity contribution is 0.0645. The van der Waals surface area contributed by atoms with Crippen molar-refractivity contribution in [2.45, 2.75) is 26.0 Å². The van der Waals surface area contributed by atoms with E-state index in [4.69, 9.17) is 19.6 Å². The molecule has 1 aromatic carbocycles. The fraction of sp³-hybridized carbons (Fsp3) is 0.348. The zero-order chi connectivity index (χ0) is 26.1. The largest absolute Gasteiger partial charge is 0.488 e. The minimum atomic E-state index is -2.79. The number of halogens is 2. The summed E-state index contributed by atoms with van der Waals surface area (Å²) >= 11 is 0. The Balaban J connectivity index is 1.76. The van der Waals surface area contributed by atoms with Crippen LogP contribution in [0.5, 0.6) is 17.4 Å². The summed E-state index contributed by atoms with van der Waals surface area (Å²) in [6.07, 6.45) is 5.04. The molecular weight excluding hydrogens is 478 g/mol. The molecular formula is C23H26F2N6O5. The minimum Gasteiger partial charge on any atom is -0.488 e. The summed E-state index contributed by atoms with van der Waals surface area (Å²) in [6.45, 7) is 0.643. The van der Waals surface area contributed by atoms with E-state index in [-0.39, 0.29) is 47.3 Å². The molecule has 1 fully saturated rings. The number of nitrogens with zero attached hydrogens (tertiary/aromatic N) is 3. The predicted molar refractivity (Wildman–Crippen MR) is 125 cm³/mol. The van der Waals surface area contributed by atoms with E-state index in [0.717, 1.165) is 18.7 Å². The van der Waals surface area contributed by atoms with Crippen LogP contribution in [-0.2, 0) is 4.74 Å². The zero-order valence-corrected chi connectivity index (χ0v) is 19.7. The first-order chi connectivity index (χ1) is 17.2. The number of likely N-dealkylation sites (tertiary alicyclic amines) is 1. The van der Waals surface area contributed by atoms with Crippen molar-refractivity contribution < 1.29 is 32.6 Å². The van der Waals surface area contributed by atoms with Crippen LogP contribution in [0.3, 0.4) is 0 Å². The fourth-order valence-corrected chi connectivity index (χ4v) is 3.05. The third-order valence-electron chi connectivity index (χ3n) is 4.81. The molecule has 1 aromatic heterocycles. The van der Waals surface area contributed by atoms with Gasteiger partial charge in [-0.1, -0.05) is 0 Å². The number of nitrogens with one attached hydrogen (secondary N) is 3. The Labute approximate surface area is 206 Å². The molecule has 3 N–H and O–H groups in total. The number of rotatable bonds is 11. The maximum Gasteiger partial charge on any atom is 0.312 e. The number of ether oxygens (including phenoxy) is 3. The number of carbonyl (C=O) groups excluding carboxylic acids is 2. The number of carbonyl (C=O) groups is 2. The molecule has 1 aliphatic heterocycles. The van der Waals surface area contributed by atoms with E-state index in [2.05, 4.69) is 15.3 Å². The Kier molecular flexibility index (Phi) is 9.22. The molecule has 1 atom stereocenters. The van der Waals surface area contributed by atoms with Gasteiger partial charge in [0.1, 0.15) is 29.1 Å². The topological polar surface area (TPSA) is 139 Å². The number of amides is 2. The highest BCUT2D eigenvalue weighted by atomic mass is 19.3. The molecule has 36 heavy (non-hydrogen) atoms. The van der Waals surface area contributed by atoms with Crippen molar-refractivity contribution in [1.29, 1.82) is 5.41 Å². The van der Waals surface area contributed by atoms with E-state index in [0.29, 0.717) is 13.1 Å². The summed E-state index contributed by atoms with van der Waals surface area (Å²) in [5.74, 6) is -0.776. The van der Waals surface area contributed by atoms with E-state index in [1.807, 2.05) is 0 Å². The van der Waals surface area contributed by atoms with Gasteiger partial charge in [-0.2, -0.15) is 8.78 Å². The standard InChI is InChI=1S/C23H26F2N6O5/c1-14(13-34-2)35-16-8-15(21(32)30-19(26)4-5-27-23(24)25)9-17(10-16)36-20-12-28-18(11-29-20)22(33)31-6-3-7-31/h4-5,8-12,14,23,27H,3,6-7,13H2,1-2H3,(H2,26,30,32)/b5-4-/t14-/m0/s1. The predicted octanol–water partition coefficient (Wildman–Crippen LogP) is 2.56. The van der Waals surface area contributed by atoms with Crippen molar-refractivity contribution in [3.8, 4) is 17.4 Å². The molecule has 0 unspecified atom stereocenters. The number of methoxy groups -OCH3 is 1. The lowest BCUT2D eigenvalue weighted by Crippen LogP contribution is -2.42. The van der Waals surface area contributed by atoms with Crippen molar-refractivity contribution in [1.82, 2.24) is 25.5 Å². The molecule has 192 valence electrons. The molecule has 2 amide bonds. The van der Waals surface area contributed by atoms with E-state index in [9.17, 15) is 18.4 Å². The van der Waals surface area contributed by atoms with E-state index >= 15 is 0 Å². The van der Waals surface area contributed by atoms with Gasteiger partial charge >= 0.3 is 6.55 Å². The van der Waals surface area contributed by atoms with Gasteiger partial charge in [0, 0.05) is 38.0 Å². The van der Waals surface area contributed by atoms with Gasteiger partial charge in [0.05, 0.1) is 19.0 Å². The molecule has 2 heterocycles. The fourth-order valence-electron chi connectivity index (χ4n) is 3.05. The maximum absolute atomic E-state index is 12.7. The van der Waals surface area contributed by atoms with Crippen LogP contribution >= 0.6 is 0 Å². The SMILES string of the molecule is COC[C@H](C)Oc1cc(Oc2cnc(C(=O)N3CCC3)cn2)cc(C(=O)NC(=N)/C=C\NC(F)F)c1. The molecule has 0 spiro atoms. The van der Waals surface area contributed by atoms with E-state index in [1.54, 1.807) is 17.1 Å². The average Bonchev–Trinajstić information content (AvgIpc) is 2.78.